The fourth-order valence-corrected chi connectivity index (χ4v) is 5.75. The van der Waals surface area contributed by atoms with E-state index in [2.05, 4.69) is 46.8 Å². The summed E-state index contributed by atoms with van der Waals surface area (Å²) in [6.45, 7) is 4.19. The zero-order chi connectivity index (χ0) is 31.3. The monoisotopic (exact) mass is 609 g/mol. The van der Waals surface area contributed by atoms with Crippen LogP contribution in [0.15, 0.2) is 67.0 Å². The molecule has 2 N–H and O–H groups in total. The Kier molecular flexibility index (Phi) is 8.77. The van der Waals surface area contributed by atoms with Gasteiger partial charge in [-0.15, -0.1) is 0 Å². The van der Waals surface area contributed by atoms with Gasteiger partial charge in [-0.1, -0.05) is 36.4 Å². The van der Waals surface area contributed by atoms with E-state index in [0.717, 1.165) is 42.0 Å². The van der Waals surface area contributed by atoms with Crippen LogP contribution < -0.4 is 34.6 Å². The molecule has 45 heavy (non-hydrogen) atoms. The Bertz CT molecular complexity index is 1780. The highest BCUT2D eigenvalue weighted by atomic mass is 16.5. The molecule has 2 aromatic heterocycles. The van der Waals surface area contributed by atoms with Gasteiger partial charge in [0.1, 0.15) is 6.33 Å². The van der Waals surface area contributed by atoms with Gasteiger partial charge in [0.25, 0.3) is 0 Å². The maximum absolute atomic E-state index is 5.62. The normalized spacial score (nSPS) is 13.2. The zero-order valence-corrected chi connectivity index (χ0v) is 26.3. The first-order valence-electron chi connectivity index (χ1n) is 15.0. The minimum Gasteiger partial charge on any atom is -0.493 e. The number of imidazole rings is 1. The van der Waals surface area contributed by atoms with Crippen molar-refractivity contribution >= 4 is 22.9 Å². The van der Waals surface area contributed by atoms with Gasteiger partial charge in [0.05, 0.1) is 34.5 Å². The second-order valence-electron chi connectivity index (χ2n) is 10.9. The topological polar surface area (TPSA) is 108 Å². The van der Waals surface area contributed by atoms with E-state index in [9.17, 15) is 0 Å². The summed E-state index contributed by atoms with van der Waals surface area (Å²) >= 11 is 0. The fourth-order valence-electron chi connectivity index (χ4n) is 5.75. The van der Waals surface area contributed by atoms with Crippen molar-refractivity contribution in [2.75, 3.05) is 57.2 Å². The third kappa shape index (κ3) is 6.24. The van der Waals surface area contributed by atoms with E-state index in [0.29, 0.717) is 41.9 Å². The van der Waals surface area contributed by atoms with Crippen molar-refractivity contribution in [3.8, 4) is 23.0 Å². The van der Waals surface area contributed by atoms with Gasteiger partial charge in [-0.2, -0.15) is 9.97 Å². The van der Waals surface area contributed by atoms with E-state index in [1.165, 1.54) is 16.7 Å². The third-order valence-corrected chi connectivity index (χ3v) is 8.18. The highest BCUT2D eigenvalue weighted by molar-refractivity contribution is 5.85. The van der Waals surface area contributed by atoms with Crippen molar-refractivity contribution in [2.24, 2.45) is 0 Å². The van der Waals surface area contributed by atoms with Crippen LogP contribution in [0.4, 0.5) is 11.8 Å². The quantitative estimate of drug-likeness (QED) is 0.191. The zero-order valence-electron chi connectivity index (χ0n) is 26.3. The van der Waals surface area contributed by atoms with Crippen LogP contribution in [-0.2, 0) is 19.4 Å². The summed E-state index contributed by atoms with van der Waals surface area (Å²) in [6.07, 6.45) is 3.37. The summed E-state index contributed by atoms with van der Waals surface area (Å²) in [4.78, 5) is 16.9. The molecule has 0 aliphatic carbocycles. The van der Waals surface area contributed by atoms with Crippen LogP contribution in [0.3, 0.4) is 0 Å². The van der Waals surface area contributed by atoms with Crippen LogP contribution in [0.25, 0.3) is 11.2 Å². The molecular weight excluding hydrogens is 570 g/mol. The van der Waals surface area contributed by atoms with Gasteiger partial charge in [-0.25, -0.2) is 9.66 Å². The number of fused-ring (bicyclic) bond motifs is 2. The molecule has 11 nitrogen and oxygen atoms in total. The Morgan fingerprint density at radius 3 is 2.27 bits per heavy atom. The predicted molar refractivity (Wildman–Crippen MR) is 176 cm³/mol. The molecule has 1 unspecified atom stereocenters. The second-order valence-corrected chi connectivity index (χ2v) is 10.9. The van der Waals surface area contributed by atoms with E-state index in [-0.39, 0.29) is 6.04 Å². The highest BCUT2D eigenvalue weighted by Crippen LogP contribution is 2.36. The largest absolute Gasteiger partial charge is 0.493 e. The summed E-state index contributed by atoms with van der Waals surface area (Å²) < 4.78 is 24.0. The molecule has 1 atom stereocenters. The average Bonchev–Trinajstić information content (AvgIpc) is 3.49. The number of hydrogen-bond donors (Lipinski definition) is 2. The highest BCUT2D eigenvalue weighted by Gasteiger charge is 2.25. The molecule has 0 saturated carbocycles. The number of benzene rings is 3. The summed E-state index contributed by atoms with van der Waals surface area (Å²) in [5.74, 6) is 4.20. The van der Waals surface area contributed by atoms with Crippen LogP contribution in [0.2, 0.25) is 0 Å². The fraction of sp³-hybridized carbons (Fsp3) is 0.324. The molecule has 0 fully saturated rings. The molecule has 0 radical (unpaired) electrons. The Morgan fingerprint density at radius 2 is 1.53 bits per heavy atom. The maximum Gasteiger partial charge on any atom is 0.226 e. The molecule has 1 aliphatic rings. The van der Waals surface area contributed by atoms with Gasteiger partial charge in [0.15, 0.2) is 40.0 Å². The number of rotatable bonds is 12. The van der Waals surface area contributed by atoms with Gasteiger partial charge >= 0.3 is 0 Å². The second kappa shape index (κ2) is 13.2. The number of nitrogens with zero attached hydrogens (tertiary/aromatic N) is 5. The summed E-state index contributed by atoms with van der Waals surface area (Å²) in [6, 6.07) is 20.5. The number of methoxy groups -OCH3 is 4. The molecule has 0 bridgehead atoms. The standard InChI is InChI=1S/C34H39N7O4/c1-22(24-9-7-6-8-10-24)39-41-21-36-32-31(41)33(40-16-14-25-18-29(44-4)30(45-5)19-26(25)20-40)38-34(37-32)35-15-13-23-11-12-27(42-2)28(17-23)43-3/h6-12,17-19,21-22,39H,13-16,20H2,1-5H3,(H,35,37,38). The Morgan fingerprint density at radius 1 is 0.822 bits per heavy atom. The molecule has 0 amide bonds. The van der Waals surface area contributed by atoms with Crippen molar-refractivity contribution in [1.82, 2.24) is 19.6 Å². The summed E-state index contributed by atoms with van der Waals surface area (Å²) in [7, 11) is 6.61. The number of anilines is 2. The summed E-state index contributed by atoms with van der Waals surface area (Å²) in [5, 5.41) is 3.43. The van der Waals surface area contributed by atoms with Crippen LogP contribution >= 0.6 is 0 Å². The minimum absolute atomic E-state index is 0.0366. The van der Waals surface area contributed by atoms with Crippen molar-refractivity contribution < 1.29 is 18.9 Å². The van der Waals surface area contributed by atoms with Crippen LogP contribution in [-0.4, -0.2) is 61.2 Å². The molecule has 11 heteroatoms. The number of hydrogen-bond acceptors (Lipinski definition) is 10. The smallest absolute Gasteiger partial charge is 0.226 e. The van der Waals surface area contributed by atoms with Gasteiger partial charge in [0.2, 0.25) is 5.95 Å². The first-order chi connectivity index (χ1) is 22.0. The molecular formula is C34H39N7O4. The average molecular weight is 610 g/mol. The third-order valence-electron chi connectivity index (χ3n) is 8.18. The lowest BCUT2D eigenvalue weighted by Gasteiger charge is -2.31. The van der Waals surface area contributed by atoms with Crippen molar-refractivity contribution in [1.29, 1.82) is 0 Å². The lowest BCUT2D eigenvalue weighted by atomic mass is 9.98. The lowest BCUT2D eigenvalue weighted by molar-refractivity contribution is 0.353. The van der Waals surface area contributed by atoms with E-state index in [1.807, 2.05) is 41.1 Å². The molecule has 1 aliphatic heterocycles. The van der Waals surface area contributed by atoms with Gasteiger partial charge < -0.3 is 34.6 Å². The molecule has 0 spiro atoms. The molecule has 5 aromatic rings. The van der Waals surface area contributed by atoms with Gasteiger partial charge in [-0.05, 0) is 66.3 Å². The SMILES string of the molecule is COc1ccc(CCNc2nc(N3CCc4cc(OC)c(OC)cc4C3)c3c(ncn3NC(C)c3ccccc3)n2)cc1OC. The van der Waals surface area contributed by atoms with E-state index in [4.69, 9.17) is 33.9 Å². The van der Waals surface area contributed by atoms with Crippen molar-refractivity contribution in [2.45, 2.75) is 32.4 Å². The minimum atomic E-state index is 0.0366. The predicted octanol–water partition coefficient (Wildman–Crippen LogP) is 5.38. The van der Waals surface area contributed by atoms with Gasteiger partial charge in [-0.3, -0.25) is 0 Å². The number of aromatic nitrogens is 4. The molecule has 3 heterocycles. The van der Waals surface area contributed by atoms with Crippen molar-refractivity contribution in [3.63, 3.8) is 0 Å². The van der Waals surface area contributed by atoms with Crippen LogP contribution in [0.1, 0.15) is 35.2 Å². The lowest BCUT2D eigenvalue weighted by Crippen LogP contribution is -2.32. The molecule has 6 rings (SSSR count). The first-order valence-corrected chi connectivity index (χ1v) is 15.0. The summed E-state index contributed by atoms with van der Waals surface area (Å²) in [5.41, 5.74) is 9.72. The van der Waals surface area contributed by atoms with E-state index < -0.39 is 0 Å². The van der Waals surface area contributed by atoms with Crippen LogP contribution in [0.5, 0.6) is 23.0 Å². The van der Waals surface area contributed by atoms with E-state index >= 15 is 0 Å². The molecule has 3 aromatic carbocycles. The Hall–Kier alpha value is -5.19. The van der Waals surface area contributed by atoms with Crippen LogP contribution in [0, 0.1) is 0 Å². The van der Waals surface area contributed by atoms with E-state index in [1.54, 1.807) is 34.8 Å². The number of nitrogens with one attached hydrogen (secondary N) is 2. The maximum atomic E-state index is 5.62. The number of ether oxygens (including phenoxy) is 4. The van der Waals surface area contributed by atoms with Crippen molar-refractivity contribution in [3.05, 3.63) is 89.2 Å². The van der Waals surface area contributed by atoms with Gasteiger partial charge in [0, 0.05) is 19.6 Å². The molecule has 0 saturated heterocycles. The first kappa shape index (κ1) is 29.9. The Balaban J connectivity index is 1.31. The Labute approximate surface area is 263 Å². The molecule has 234 valence electrons.